The minimum Gasteiger partial charge on any atom is -0.455 e. The molecule has 0 saturated carbocycles. The molecule has 1 amide bonds. The fourth-order valence-electron chi connectivity index (χ4n) is 2.60. The lowest BCUT2D eigenvalue weighted by Gasteiger charge is -2.16. The first-order valence-corrected chi connectivity index (χ1v) is 10.5. The molecular weight excluding hydrogens is 393 g/mol. The lowest BCUT2D eigenvalue weighted by Crippen LogP contribution is -2.32. The first-order valence-electron chi connectivity index (χ1n) is 8.91. The van der Waals surface area contributed by atoms with E-state index in [1.165, 1.54) is 6.92 Å². The Bertz CT molecular complexity index is 1110. The number of amides is 1. The summed E-state index contributed by atoms with van der Waals surface area (Å²) in [5.74, 6) is -0.294. The number of carbonyl (C=O) groups excluding carboxylic acids is 1. The van der Waals surface area contributed by atoms with E-state index in [0.29, 0.717) is 17.2 Å². The van der Waals surface area contributed by atoms with E-state index in [4.69, 9.17) is 4.74 Å². The summed E-state index contributed by atoms with van der Waals surface area (Å²) in [6.07, 6.45) is 0. The molecule has 0 saturated heterocycles. The number of para-hydroxylation sites is 2. The molecule has 0 heterocycles. The zero-order valence-electron chi connectivity index (χ0n) is 15.9. The van der Waals surface area contributed by atoms with Crippen LogP contribution < -0.4 is 10.1 Å². The third-order valence-electron chi connectivity index (χ3n) is 4.37. The average Bonchev–Trinajstić information content (AvgIpc) is 2.71. The number of ether oxygens (including phenoxy) is 1. The van der Waals surface area contributed by atoms with Crippen molar-refractivity contribution in [3.05, 3.63) is 84.2 Å². The first-order chi connectivity index (χ1) is 13.8. The monoisotopic (exact) mass is 413 g/mol. The molecule has 1 N–H and O–H groups in total. The molecule has 3 rings (SSSR count). The quantitative estimate of drug-likeness (QED) is 0.593. The van der Waals surface area contributed by atoms with Crippen LogP contribution in [0.2, 0.25) is 0 Å². The molecule has 0 aliphatic rings. The topological polar surface area (TPSA) is 72.5 Å². The standard InChI is InChI=1S/C22H20FNO4S/c1-15-7-11-18(12-8-15)28-21-6-4-3-5-20(21)24-22(25)16(2)29(26,27)19-13-9-17(23)10-14-19/h3-14,16H,1-2H3,(H,24,25). The number of aryl methyl sites for hydroxylation is 1. The van der Waals surface area contributed by atoms with Crippen molar-refractivity contribution in [2.24, 2.45) is 0 Å². The van der Waals surface area contributed by atoms with Crippen LogP contribution in [0.4, 0.5) is 10.1 Å². The van der Waals surface area contributed by atoms with Crippen LogP contribution in [0.15, 0.2) is 77.7 Å². The number of nitrogens with one attached hydrogen (secondary N) is 1. The minimum absolute atomic E-state index is 0.120. The molecule has 1 unspecified atom stereocenters. The maximum absolute atomic E-state index is 13.1. The van der Waals surface area contributed by atoms with Crippen molar-refractivity contribution >= 4 is 21.4 Å². The molecule has 29 heavy (non-hydrogen) atoms. The summed E-state index contributed by atoms with van der Waals surface area (Å²) in [4.78, 5) is 12.5. The van der Waals surface area contributed by atoms with Crippen LogP contribution in [-0.4, -0.2) is 19.6 Å². The third-order valence-corrected chi connectivity index (χ3v) is 6.44. The molecule has 3 aromatic carbocycles. The Morgan fingerprint density at radius 2 is 1.59 bits per heavy atom. The van der Waals surface area contributed by atoms with Crippen molar-refractivity contribution in [1.82, 2.24) is 0 Å². The Morgan fingerprint density at radius 1 is 0.966 bits per heavy atom. The third kappa shape index (κ3) is 4.81. The Labute approximate surface area is 169 Å². The van der Waals surface area contributed by atoms with E-state index in [1.54, 1.807) is 36.4 Å². The highest BCUT2D eigenvalue weighted by Gasteiger charge is 2.30. The lowest BCUT2D eigenvalue weighted by molar-refractivity contribution is -0.115. The van der Waals surface area contributed by atoms with Crippen molar-refractivity contribution in [2.75, 3.05) is 5.32 Å². The fraction of sp³-hybridized carbons (Fsp3) is 0.136. The number of anilines is 1. The van der Waals surface area contributed by atoms with E-state index < -0.39 is 26.8 Å². The maximum Gasteiger partial charge on any atom is 0.242 e. The van der Waals surface area contributed by atoms with Crippen molar-refractivity contribution < 1.29 is 22.3 Å². The van der Waals surface area contributed by atoms with E-state index >= 15 is 0 Å². The van der Waals surface area contributed by atoms with Gasteiger partial charge in [-0.2, -0.15) is 0 Å². The Kier molecular flexibility index (Phi) is 5.98. The number of benzene rings is 3. The predicted octanol–water partition coefficient (Wildman–Crippen LogP) is 4.73. The second-order valence-electron chi connectivity index (χ2n) is 6.54. The maximum atomic E-state index is 13.1. The van der Waals surface area contributed by atoms with Crippen molar-refractivity contribution in [3.63, 3.8) is 0 Å². The van der Waals surface area contributed by atoms with Crippen molar-refractivity contribution in [1.29, 1.82) is 0 Å². The molecule has 0 radical (unpaired) electrons. The molecule has 5 nitrogen and oxygen atoms in total. The van der Waals surface area contributed by atoms with Gasteiger partial charge < -0.3 is 10.1 Å². The normalized spacial score (nSPS) is 12.2. The molecule has 0 aromatic heterocycles. The first kappa shape index (κ1) is 20.5. The van der Waals surface area contributed by atoms with Crippen LogP contribution >= 0.6 is 0 Å². The number of hydrogen-bond acceptors (Lipinski definition) is 4. The van der Waals surface area contributed by atoms with Gasteiger partial charge in [-0.1, -0.05) is 29.8 Å². The van der Waals surface area contributed by atoms with E-state index in [9.17, 15) is 17.6 Å². The molecule has 0 fully saturated rings. The Hall–Kier alpha value is -3.19. The van der Waals surface area contributed by atoms with Crippen LogP contribution in [0.1, 0.15) is 12.5 Å². The van der Waals surface area contributed by atoms with Gasteiger partial charge in [0.05, 0.1) is 10.6 Å². The summed E-state index contributed by atoms with van der Waals surface area (Å²) < 4.78 is 44.2. The highest BCUT2D eigenvalue weighted by Crippen LogP contribution is 2.30. The van der Waals surface area contributed by atoms with Gasteiger partial charge in [0.1, 0.15) is 16.8 Å². The summed E-state index contributed by atoms with van der Waals surface area (Å²) in [7, 11) is -3.97. The largest absolute Gasteiger partial charge is 0.455 e. The summed E-state index contributed by atoms with van der Waals surface area (Å²) in [5, 5.41) is 1.24. The van der Waals surface area contributed by atoms with Gasteiger partial charge in [0, 0.05) is 0 Å². The molecule has 7 heteroatoms. The molecule has 150 valence electrons. The second kappa shape index (κ2) is 8.45. The highest BCUT2D eigenvalue weighted by atomic mass is 32.2. The highest BCUT2D eigenvalue weighted by molar-refractivity contribution is 7.92. The second-order valence-corrected chi connectivity index (χ2v) is 8.81. The van der Waals surface area contributed by atoms with Gasteiger partial charge in [-0.05, 0) is 62.4 Å². The van der Waals surface area contributed by atoms with E-state index in [1.807, 2.05) is 19.1 Å². The molecule has 3 aromatic rings. The molecule has 1 atom stereocenters. The fourth-order valence-corrected chi connectivity index (χ4v) is 3.86. The number of halogens is 1. The minimum atomic E-state index is -3.97. The molecular formula is C22H20FNO4S. The molecule has 0 aliphatic heterocycles. The van der Waals surface area contributed by atoms with Crippen LogP contribution in [0, 0.1) is 12.7 Å². The SMILES string of the molecule is Cc1ccc(Oc2ccccc2NC(=O)C(C)S(=O)(=O)c2ccc(F)cc2)cc1. The zero-order valence-corrected chi connectivity index (χ0v) is 16.7. The number of rotatable bonds is 6. The Balaban J connectivity index is 1.80. The van der Waals surface area contributed by atoms with Crippen molar-refractivity contribution in [3.8, 4) is 11.5 Å². The summed E-state index contributed by atoms with van der Waals surface area (Å²) in [6.45, 7) is 3.25. The molecule has 0 spiro atoms. The average molecular weight is 413 g/mol. The van der Waals surface area contributed by atoms with Crippen molar-refractivity contribution in [2.45, 2.75) is 24.0 Å². The summed E-state index contributed by atoms with van der Waals surface area (Å²) in [5.41, 5.74) is 1.43. The van der Waals surface area contributed by atoms with Gasteiger partial charge in [0.25, 0.3) is 0 Å². The van der Waals surface area contributed by atoms with Gasteiger partial charge in [0.2, 0.25) is 5.91 Å². The summed E-state index contributed by atoms with van der Waals surface area (Å²) >= 11 is 0. The van der Waals surface area contributed by atoms with Crippen LogP contribution in [0.5, 0.6) is 11.5 Å². The predicted molar refractivity (Wildman–Crippen MR) is 109 cm³/mol. The van der Waals surface area contributed by atoms with Crippen LogP contribution in [-0.2, 0) is 14.6 Å². The van der Waals surface area contributed by atoms with Crippen LogP contribution in [0.3, 0.4) is 0 Å². The van der Waals surface area contributed by atoms with Crippen LogP contribution in [0.25, 0.3) is 0 Å². The summed E-state index contributed by atoms with van der Waals surface area (Å²) in [6, 6.07) is 18.5. The van der Waals surface area contributed by atoms with E-state index in [2.05, 4.69) is 5.32 Å². The van der Waals surface area contributed by atoms with Gasteiger partial charge in [-0.15, -0.1) is 0 Å². The molecule has 0 bridgehead atoms. The van der Waals surface area contributed by atoms with E-state index in [0.717, 1.165) is 29.8 Å². The van der Waals surface area contributed by atoms with Gasteiger partial charge in [-0.3, -0.25) is 4.79 Å². The number of hydrogen-bond donors (Lipinski definition) is 1. The van der Waals surface area contributed by atoms with Gasteiger partial charge in [-0.25, -0.2) is 12.8 Å². The number of carbonyl (C=O) groups is 1. The van der Waals surface area contributed by atoms with Gasteiger partial charge in [0.15, 0.2) is 15.6 Å². The Morgan fingerprint density at radius 3 is 2.24 bits per heavy atom. The molecule has 0 aliphatic carbocycles. The van der Waals surface area contributed by atoms with E-state index in [-0.39, 0.29) is 4.90 Å². The number of sulfone groups is 1. The van der Waals surface area contributed by atoms with Gasteiger partial charge >= 0.3 is 0 Å². The smallest absolute Gasteiger partial charge is 0.242 e. The zero-order chi connectivity index (χ0) is 21.0. The lowest BCUT2D eigenvalue weighted by atomic mass is 10.2.